The molecule has 5 heteroatoms. The van der Waals surface area contributed by atoms with Gasteiger partial charge in [0.25, 0.3) is 0 Å². The number of alkyl halides is 1. The van der Waals surface area contributed by atoms with Gasteiger partial charge in [0.2, 0.25) is 10.0 Å². The molecule has 1 saturated heterocycles. The van der Waals surface area contributed by atoms with Gasteiger partial charge in [0.05, 0.1) is 4.90 Å². The van der Waals surface area contributed by atoms with Gasteiger partial charge in [0.15, 0.2) is 0 Å². The Hall–Kier alpha value is -0.580. The molecule has 0 aromatic heterocycles. The maximum absolute atomic E-state index is 12.7. The van der Waals surface area contributed by atoms with Crippen LogP contribution in [0.5, 0.6) is 0 Å². The van der Waals surface area contributed by atoms with Crippen LogP contribution in [0.3, 0.4) is 0 Å². The molecule has 1 aromatic carbocycles. The van der Waals surface area contributed by atoms with Crippen molar-refractivity contribution in [1.29, 1.82) is 0 Å². The highest BCUT2D eigenvalue weighted by Gasteiger charge is 2.35. The molecule has 0 aliphatic carbocycles. The van der Waals surface area contributed by atoms with Crippen molar-refractivity contribution in [2.24, 2.45) is 11.8 Å². The van der Waals surface area contributed by atoms with Crippen molar-refractivity contribution in [2.75, 3.05) is 13.1 Å². The lowest BCUT2D eigenvalue weighted by molar-refractivity contribution is 0.462. The van der Waals surface area contributed by atoms with E-state index in [0.717, 1.165) is 11.1 Å². The number of sulfonamides is 1. The van der Waals surface area contributed by atoms with Crippen molar-refractivity contribution in [3.8, 4) is 0 Å². The molecule has 106 valence electrons. The van der Waals surface area contributed by atoms with Crippen molar-refractivity contribution >= 4 is 21.6 Å². The first-order chi connectivity index (χ1) is 8.87. The van der Waals surface area contributed by atoms with Crippen LogP contribution in [0.2, 0.25) is 0 Å². The van der Waals surface area contributed by atoms with Crippen LogP contribution in [-0.4, -0.2) is 25.8 Å². The smallest absolute Gasteiger partial charge is 0.207 e. The van der Waals surface area contributed by atoms with Crippen LogP contribution in [0.25, 0.3) is 0 Å². The molecule has 2 atom stereocenters. The van der Waals surface area contributed by atoms with Gasteiger partial charge < -0.3 is 0 Å². The van der Waals surface area contributed by atoms with Crippen LogP contribution in [0, 0.1) is 18.8 Å². The van der Waals surface area contributed by atoms with Gasteiger partial charge in [-0.25, -0.2) is 8.42 Å². The minimum atomic E-state index is -3.39. The van der Waals surface area contributed by atoms with Crippen LogP contribution in [0.4, 0.5) is 0 Å². The van der Waals surface area contributed by atoms with E-state index in [2.05, 4.69) is 13.8 Å². The molecule has 0 bridgehead atoms. The third kappa shape index (κ3) is 2.67. The third-order valence-corrected chi connectivity index (χ3v) is 6.38. The predicted molar refractivity (Wildman–Crippen MR) is 77.8 cm³/mol. The Labute approximate surface area is 120 Å². The lowest BCUT2D eigenvalue weighted by atomic mass is 10.0. The number of halogens is 1. The average Bonchev–Trinajstić information content (AvgIpc) is 2.70. The van der Waals surface area contributed by atoms with E-state index in [-0.39, 0.29) is 0 Å². The first-order valence-corrected chi connectivity index (χ1v) is 8.50. The van der Waals surface area contributed by atoms with E-state index >= 15 is 0 Å². The number of rotatable bonds is 3. The molecule has 3 nitrogen and oxygen atoms in total. The van der Waals surface area contributed by atoms with Gasteiger partial charge in [-0.1, -0.05) is 26.0 Å². The molecule has 0 N–H and O–H groups in total. The minimum absolute atomic E-state index is 0.335. The fourth-order valence-corrected chi connectivity index (χ4v) is 4.70. The van der Waals surface area contributed by atoms with E-state index in [1.165, 1.54) is 0 Å². The van der Waals surface area contributed by atoms with Crippen LogP contribution >= 0.6 is 11.6 Å². The molecule has 19 heavy (non-hydrogen) atoms. The van der Waals surface area contributed by atoms with E-state index in [0.29, 0.717) is 35.7 Å². The molecule has 2 rings (SSSR count). The van der Waals surface area contributed by atoms with E-state index in [1.807, 2.05) is 13.0 Å². The minimum Gasteiger partial charge on any atom is -0.207 e. The number of nitrogens with zero attached hydrogens (tertiary/aromatic N) is 1. The molecule has 1 aliphatic heterocycles. The van der Waals surface area contributed by atoms with Gasteiger partial charge in [-0.15, -0.1) is 11.6 Å². The first-order valence-electron chi connectivity index (χ1n) is 6.52. The second-order valence-electron chi connectivity index (χ2n) is 5.45. The Morgan fingerprint density at radius 2 is 1.84 bits per heavy atom. The zero-order chi connectivity index (χ0) is 14.2. The van der Waals surface area contributed by atoms with E-state index in [1.54, 1.807) is 16.4 Å². The van der Waals surface area contributed by atoms with Crippen LogP contribution < -0.4 is 0 Å². The molecule has 0 radical (unpaired) electrons. The van der Waals surface area contributed by atoms with Gasteiger partial charge in [-0.2, -0.15) is 4.31 Å². The molecule has 0 spiro atoms. The molecular formula is C14H20ClNO2S. The predicted octanol–water partition coefficient (Wildman–Crippen LogP) is 3.01. The summed E-state index contributed by atoms with van der Waals surface area (Å²) in [5.41, 5.74) is 1.65. The summed E-state index contributed by atoms with van der Waals surface area (Å²) in [6, 6.07) is 5.31. The van der Waals surface area contributed by atoms with Gasteiger partial charge in [0.1, 0.15) is 0 Å². The maximum atomic E-state index is 12.7. The second kappa shape index (κ2) is 5.43. The molecule has 1 heterocycles. The summed E-state index contributed by atoms with van der Waals surface area (Å²) >= 11 is 5.85. The largest absolute Gasteiger partial charge is 0.243 e. The maximum Gasteiger partial charge on any atom is 0.243 e. The molecule has 1 aromatic rings. The monoisotopic (exact) mass is 301 g/mol. The SMILES string of the molecule is Cc1c(CCl)cccc1S(=O)(=O)N1CC(C)C(C)C1. The van der Waals surface area contributed by atoms with Crippen LogP contribution in [-0.2, 0) is 15.9 Å². The highest BCUT2D eigenvalue weighted by Crippen LogP contribution is 2.30. The Morgan fingerprint density at radius 3 is 2.37 bits per heavy atom. The fourth-order valence-electron chi connectivity index (χ4n) is 2.50. The zero-order valence-corrected chi connectivity index (χ0v) is 13.1. The summed E-state index contributed by atoms with van der Waals surface area (Å²) in [6.45, 7) is 7.24. The van der Waals surface area contributed by atoms with Crippen LogP contribution in [0.15, 0.2) is 23.1 Å². The van der Waals surface area contributed by atoms with E-state index in [9.17, 15) is 8.42 Å². The van der Waals surface area contributed by atoms with Crippen LogP contribution in [0.1, 0.15) is 25.0 Å². The summed E-state index contributed by atoms with van der Waals surface area (Å²) in [4.78, 5) is 0.395. The highest BCUT2D eigenvalue weighted by molar-refractivity contribution is 7.89. The lowest BCUT2D eigenvalue weighted by Gasteiger charge is -2.18. The van der Waals surface area contributed by atoms with E-state index in [4.69, 9.17) is 11.6 Å². The summed E-state index contributed by atoms with van der Waals surface area (Å²) in [7, 11) is -3.39. The number of hydrogen-bond acceptors (Lipinski definition) is 2. The van der Waals surface area contributed by atoms with Gasteiger partial charge >= 0.3 is 0 Å². The van der Waals surface area contributed by atoms with Gasteiger partial charge in [0, 0.05) is 19.0 Å². The molecule has 1 aliphatic rings. The summed E-state index contributed by atoms with van der Waals surface area (Å²) in [5, 5.41) is 0. The highest BCUT2D eigenvalue weighted by atomic mass is 35.5. The average molecular weight is 302 g/mol. The second-order valence-corrected chi connectivity index (χ2v) is 7.62. The summed E-state index contributed by atoms with van der Waals surface area (Å²) < 4.78 is 27.0. The Bertz CT molecular complexity index is 561. The first kappa shape index (κ1) is 14.8. The molecule has 2 unspecified atom stereocenters. The standard InChI is InChI=1S/C14H20ClNO2S/c1-10-8-16(9-11(10)2)19(17,18)14-6-4-5-13(7-15)12(14)3/h4-6,10-11H,7-9H2,1-3H3. The Morgan fingerprint density at radius 1 is 1.26 bits per heavy atom. The zero-order valence-electron chi connectivity index (χ0n) is 11.6. The molecule has 0 saturated carbocycles. The third-order valence-electron chi connectivity index (χ3n) is 4.11. The van der Waals surface area contributed by atoms with Crippen molar-refractivity contribution < 1.29 is 8.42 Å². The van der Waals surface area contributed by atoms with Crippen molar-refractivity contribution in [3.63, 3.8) is 0 Å². The Kier molecular flexibility index (Phi) is 4.23. The molecular weight excluding hydrogens is 282 g/mol. The van der Waals surface area contributed by atoms with Gasteiger partial charge in [-0.3, -0.25) is 0 Å². The van der Waals surface area contributed by atoms with E-state index < -0.39 is 10.0 Å². The number of hydrogen-bond donors (Lipinski definition) is 0. The topological polar surface area (TPSA) is 37.4 Å². The summed E-state index contributed by atoms with van der Waals surface area (Å²) in [5.74, 6) is 1.15. The Balaban J connectivity index is 2.41. The van der Waals surface area contributed by atoms with Crippen molar-refractivity contribution in [2.45, 2.75) is 31.5 Å². The van der Waals surface area contributed by atoms with Crippen molar-refractivity contribution in [1.82, 2.24) is 4.31 Å². The van der Waals surface area contributed by atoms with Crippen molar-refractivity contribution in [3.05, 3.63) is 29.3 Å². The summed E-state index contributed by atoms with van der Waals surface area (Å²) in [6.07, 6.45) is 0. The lowest BCUT2D eigenvalue weighted by Crippen LogP contribution is -2.29. The quantitative estimate of drug-likeness (QED) is 0.805. The molecule has 1 fully saturated rings. The van der Waals surface area contributed by atoms with Gasteiger partial charge in [-0.05, 0) is 36.0 Å². The fraction of sp³-hybridized carbons (Fsp3) is 0.571. The number of benzene rings is 1. The normalized spacial score (nSPS) is 24.8. The molecule has 0 amide bonds.